The van der Waals surface area contributed by atoms with E-state index in [0.717, 1.165) is 31.5 Å². The van der Waals surface area contributed by atoms with Crippen LogP contribution in [-0.2, 0) is 6.18 Å². The SMILES string of the molecule is C[C@]1(O)CCCN(c2nc(OC[C@@]34CCCN3C[C@H](F)C4)nc3c(F)c(-c4cc(N)cc(Cl)c4C(F)(F)F)ncc23)C1. The molecule has 226 valence electrons. The highest BCUT2D eigenvalue weighted by molar-refractivity contribution is 6.32. The van der Waals surface area contributed by atoms with Gasteiger partial charge in [-0.3, -0.25) is 9.88 Å². The summed E-state index contributed by atoms with van der Waals surface area (Å²) in [4.78, 5) is 16.7. The van der Waals surface area contributed by atoms with E-state index in [1.165, 1.54) is 6.20 Å². The lowest BCUT2D eigenvalue weighted by Crippen LogP contribution is -2.46. The van der Waals surface area contributed by atoms with Crippen LogP contribution in [0.15, 0.2) is 18.3 Å². The number of piperidine rings is 1. The first kappa shape index (κ1) is 29.1. The van der Waals surface area contributed by atoms with Gasteiger partial charge < -0.3 is 20.5 Å². The maximum atomic E-state index is 16.3. The third-order valence-corrected chi connectivity index (χ3v) is 8.80. The molecule has 14 heteroatoms. The van der Waals surface area contributed by atoms with Gasteiger partial charge in [0.05, 0.1) is 27.1 Å². The number of nitrogen functional groups attached to an aromatic ring is 1. The third-order valence-electron chi connectivity index (χ3n) is 8.50. The van der Waals surface area contributed by atoms with Gasteiger partial charge in [0, 0.05) is 43.5 Å². The first-order chi connectivity index (χ1) is 19.8. The number of ether oxygens (including phenoxy) is 1. The summed E-state index contributed by atoms with van der Waals surface area (Å²) in [6.45, 7) is 3.45. The summed E-state index contributed by atoms with van der Waals surface area (Å²) in [7, 11) is 0. The fraction of sp³-hybridized carbons (Fsp3) is 0.536. The van der Waals surface area contributed by atoms with E-state index in [9.17, 15) is 22.7 Å². The fourth-order valence-corrected chi connectivity index (χ4v) is 7.00. The molecule has 8 nitrogen and oxygen atoms in total. The summed E-state index contributed by atoms with van der Waals surface area (Å²) < 4.78 is 78.7. The minimum atomic E-state index is -4.92. The van der Waals surface area contributed by atoms with Gasteiger partial charge in [-0.05, 0) is 51.3 Å². The number of halogens is 6. The van der Waals surface area contributed by atoms with Crippen LogP contribution in [0, 0.1) is 5.82 Å². The van der Waals surface area contributed by atoms with E-state index in [4.69, 9.17) is 22.1 Å². The summed E-state index contributed by atoms with van der Waals surface area (Å²) >= 11 is 5.92. The fourth-order valence-electron chi connectivity index (χ4n) is 6.67. The summed E-state index contributed by atoms with van der Waals surface area (Å²) in [5, 5.41) is 10.2. The third kappa shape index (κ3) is 5.19. The zero-order valence-electron chi connectivity index (χ0n) is 22.8. The Morgan fingerprint density at radius 1 is 1.19 bits per heavy atom. The molecule has 0 bridgehead atoms. The summed E-state index contributed by atoms with van der Waals surface area (Å²) in [5.74, 6) is -0.910. The molecule has 2 aromatic heterocycles. The molecule has 3 saturated heterocycles. The van der Waals surface area contributed by atoms with Gasteiger partial charge in [-0.2, -0.15) is 23.1 Å². The number of aliphatic hydroxyl groups is 1. The van der Waals surface area contributed by atoms with Gasteiger partial charge in [0.15, 0.2) is 5.82 Å². The molecule has 3 aromatic rings. The minimum Gasteiger partial charge on any atom is -0.461 e. The average Bonchev–Trinajstić information content (AvgIpc) is 3.41. The molecule has 0 aliphatic carbocycles. The molecule has 3 N–H and O–H groups in total. The number of pyridine rings is 1. The van der Waals surface area contributed by atoms with Crippen LogP contribution in [0.25, 0.3) is 22.2 Å². The number of benzene rings is 1. The first-order valence-corrected chi connectivity index (χ1v) is 14.2. The molecule has 0 amide bonds. The topological polar surface area (TPSA) is 101 Å². The second kappa shape index (κ2) is 10.3. The van der Waals surface area contributed by atoms with Crippen molar-refractivity contribution in [2.75, 3.05) is 43.4 Å². The molecule has 0 saturated carbocycles. The number of aromatic nitrogens is 3. The van der Waals surface area contributed by atoms with Crippen LogP contribution in [0.2, 0.25) is 5.02 Å². The van der Waals surface area contributed by atoms with Crippen molar-refractivity contribution >= 4 is 34.0 Å². The molecule has 0 unspecified atom stereocenters. The Hall–Kier alpha value is -3.03. The Kier molecular flexibility index (Phi) is 7.13. The van der Waals surface area contributed by atoms with Crippen LogP contribution < -0.4 is 15.4 Å². The lowest BCUT2D eigenvalue weighted by Gasteiger charge is -2.38. The lowest BCUT2D eigenvalue weighted by molar-refractivity contribution is -0.137. The smallest absolute Gasteiger partial charge is 0.418 e. The van der Waals surface area contributed by atoms with E-state index < -0.39 is 51.1 Å². The maximum Gasteiger partial charge on any atom is 0.418 e. The average molecular weight is 613 g/mol. The highest BCUT2D eigenvalue weighted by Crippen LogP contribution is 2.45. The van der Waals surface area contributed by atoms with Crippen molar-refractivity contribution in [3.8, 4) is 17.3 Å². The number of rotatable bonds is 5. The molecule has 3 fully saturated rings. The number of hydrogen-bond donors (Lipinski definition) is 2. The van der Waals surface area contributed by atoms with Crippen molar-refractivity contribution in [2.24, 2.45) is 0 Å². The van der Waals surface area contributed by atoms with Crippen LogP contribution in [-0.4, -0.2) is 75.1 Å². The Balaban J connectivity index is 1.48. The van der Waals surface area contributed by atoms with Gasteiger partial charge in [0.25, 0.3) is 0 Å². The maximum absolute atomic E-state index is 16.3. The van der Waals surface area contributed by atoms with Crippen molar-refractivity contribution in [1.29, 1.82) is 0 Å². The van der Waals surface area contributed by atoms with Gasteiger partial charge in [-0.1, -0.05) is 11.6 Å². The number of nitrogens with two attached hydrogens (primary N) is 1. The van der Waals surface area contributed by atoms with Crippen molar-refractivity contribution in [3.05, 3.63) is 34.7 Å². The second-order valence-corrected chi connectivity index (χ2v) is 12.2. The van der Waals surface area contributed by atoms with E-state index in [1.54, 1.807) is 11.8 Å². The Bertz CT molecular complexity index is 1540. The van der Waals surface area contributed by atoms with Crippen molar-refractivity contribution in [1.82, 2.24) is 19.9 Å². The Morgan fingerprint density at radius 2 is 1.95 bits per heavy atom. The molecular weight excluding hydrogens is 583 g/mol. The van der Waals surface area contributed by atoms with Gasteiger partial charge in [0.1, 0.15) is 29.8 Å². The predicted octanol–water partition coefficient (Wildman–Crippen LogP) is 5.39. The standard InChI is InChI=1S/C28H30ClF5N6O2/c1-26(41)4-2-6-39(13-26)24-18-11-36-22(17-8-16(35)9-19(29)20(17)28(32,33)34)21(31)23(18)37-25(38-24)42-14-27-5-3-7-40(27)12-15(30)10-27/h8-9,11,15,41H,2-7,10,12-14,35H2,1H3/t15-,26+,27+/m1/s1. The van der Waals surface area contributed by atoms with Gasteiger partial charge in [0.2, 0.25) is 0 Å². The molecular formula is C28H30ClF5N6O2. The quantitative estimate of drug-likeness (QED) is 0.292. The Morgan fingerprint density at radius 3 is 2.69 bits per heavy atom. The van der Waals surface area contributed by atoms with E-state index in [0.29, 0.717) is 32.4 Å². The zero-order valence-corrected chi connectivity index (χ0v) is 23.6. The van der Waals surface area contributed by atoms with E-state index in [-0.39, 0.29) is 41.6 Å². The summed E-state index contributed by atoms with van der Waals surface area (Å²) in [6, 6.07) is 1.70. The summed E-state index contributed by atoms with van der Waals surface area (Å²) in [5.41, 5.74) is 1.25. The highest BCUT2D eigenvalue weighted by Gasteiger charge is 2.49. The van der Waals surface area contributed by atoms with E-state index in [1.807, 2.05) is 4.90 Å². The number of fused-ring (bicyclic) bond motifs is 2. The lowest BCUT2D eigenvalue weighted by atomic mass is 9.95. The van der Waals surface area contributed by atoms with Crippen molar-refractivity contribution < 1.29 is 31.8 Å². The predicted molar refractivity (Wildman–Crippen MR) is 148 cm³/mol. The summed E-state index contributed by atoms with van der Waals surface area (Å²) in [6.07, 6.45) is -1.64. The highest BCUT2D eigenvalue weighted by atomic mass is 35.5. The molecule has 42 heavy (non-hydrogen) atoms. The molecule has 0 spiro atoms. The van der Waals surface area contributed by atoms with E-state index in [2.05, 4.69) is 15.0 Å². The monoisotopic (exact) mass is 612 g/mol. The van der Waals surface area contributed by atoms with Crippen LogP contribution in [0.1, 0.15) is 44.6 Å². The number of nitrogens with zero attached hydrogens (tertiary/aromatic N) is 5. The normalized spacial score (nSPS) is 26.7. The molecule has 5 heterocycles. The van der Waals surface area contributed by atoms with Gasteiger partial charge in [-0.25, -0.2) is 8.78 Å². The second-order valence-electron chi connectivity index (χ2n) is 11.8. The molecule has 3 aliphatic heterocycles. The minimum absolute atomic E-state index is 0.0681. The van der Waals surface area contributed by atoms with Crippen LogP contribution in [0.3, 0.4) is 0 Å². The van der Waals surface area contributed by atoms with Gasteiger partial charge >= 0.3 is 12.2 Å². The van der Waals surface area contributed by atoms with Gasteiger partial charge in [-0.15, -0.1) is 0 Å². The largest absolute Gasteiger partial charge is 0.461 e. The molecule has 1 aromatic carbocycles. The molecule has 0 radical (unpaired) electrons. The van der Waals surface area contributed by atoms with Crippen LogP contribution in [0.4, 0.5) is 33.5 Å². The van der Waals surface area contributed by atoms with Crippen LogP contribution in [0.5, 0.6) is 6.01 Å². The number of alkyl halides is 4. The van der Waals surface area contributed by atoms with Crippen molar-refractivity contribution in [3.63, 3.8) is 0 Å². The number of hydrogen-bond acceptors (Lipinski definition) is 8. The molecule has 3 aliphatic rings. The molecule has 3 atom stereocenters. The van der Waals surface area contributed by atoms with Crippen molar-refractivity contribution in [2.45, 2.75) is 62.5 Å². The Labute approximate surface area is 243 Å². The molecule has 6 rings (SSSR count). The number of β-amino-alcohol motifs (C(OH)–C–C–N with tert-alkyl or cyclic N) is 1. The first-order valence-electron chi connectivity index (χ1n) is 13.8. The van der Waals surface area contributed by atoms with E-state index >= 15 is 4.39 Å². The number of anilines is 2. The van der Waals surface area contributed by atoms with Crippen LogP contribution >= 0.6 is 11.6 Å². The zero-order chi connectivity index (χ0) is 30.0.